The van der Waals surface area contributed by atoms with Crippen LogP contribution in [0.15, 0.2) is 12.1 Å². The smallest absolute Gasteiger partial charge is 0.167 e. The van der Waals surface area contributed by atoms with Crippen LogP contribution < -0.4 is 4.74 Å². The molecule has 1 fully saturated rings. The molecule has 4 nitrogen and oxygen atoms in total. The van der Waals surface area contributed by atoms with Crippen LogP contribution in [0.1, 0.15) is 41.3 Å². The van der Waals surface area contributed by atoms with E-state index in [1.165, 1.54) is 0 Å². The first kappa shape index (κ1) is 18.0. The Balaban J connectivity index is 2.02. The molecule has 1 aliphatic rings. The largest absolute Gasteiger partial charge is 0.493 e. The van der Waals surface area contributed by atoms with Crippen molar-refractivity contribution >= 4 is 5.78 Å². The molecular weight excluding hydrogens is 288 g/mol. The standard InChI is InChI=1S/C19H30N2O2/c1-5-12-23-19-16(3)13-15(2)14-17(19)18(22)6-7-21-10-8-20(4)9-11-21/h13-14H,5-12H2,1-4H3. The molecule has 0 spiro atoms. The summed E-state index contributed by atoms with van der Waals surface area (Å²) < 4.78 is 5.86. The van der Waals surface area contributed by atoms with Crippen molar-refractivity contribution in [2.75, 3.05) is 46.4 Å². The maximum Gasteiger partial charge on any atom is 0.167 e. The summed E-state index contributed by atoms with van der Waals surface area (Å²) in [5, 5.41) is 0. The number of rotatable bonds is 7. The Kier molecular flexibility index (Phi) is 6.60. The molecule has 0 bridgehead atoms. The molecule has 4 heteroatoms. The molecule has 0 aromatic heterocycles. The highest BCUT2D eigenvalue weighted by Gasteiger charge is 2.19. The van der Waals surface area contributed by atoms with Crippen LogP contribution in [-0.4, -0.2) is 62.0 Å². The fourth-order valence-corrected chi connectivity index (χ4v) is 3.02. The van der Waals surface area contributed by atoms with Crippen molar-refractivity contribution in [2.24, 2.45) is 0 Å². The van der Waals surface area contributed by atoms with Crippen LogP contribution in [-0.2, 0) is 0 Å². The van der Waals surface area contributed by atoms with Crippen LogP contribution >= 0.6 is 0 Å². The highest BCUT2D eigenvalue weighted by atomic mass is 16.5. The third kappa shape index (κ3) is 5.05. The van der Waals surface area contributed by atoms with Gasteiger partial charge in [0.1, 0.15) is 5.75 Å². The zero-order chi connectivity index (χ0) is 16.8. The summed E-state index contributed by atoms with van der Waals surface area (Å²) in [5.74, 6) is 0.975. The number of hydrogen-bond donors (Lipinski definition) is 0. The van der Waals surface area contributed by atoms with E-state index in [2.05, 4.69) is 29.8 Å². The van der Waals surface area contributed by atoms with E-state index in [0.717, 1.165) is 61.6 Å². The van der Waals surface area contributed by atoms with Gasteiger partial charge < -0.3 is 14.5 Å². The molecule has 0 saturated carbocycles. The minimum atomic E-state index is 0.196. The Morgan fingerprint density at radius 2 is 1.87 bits per heavy atom. The van der Waals surface area contributed by atoms with E-state index in [1.54, 1.807) is 0 Å². The van der Waals surface area contributed by atoms with E-state index < -0.39 is 0 Å². The van der Waals surface area contributed by atoms with Crippen molar-refractivity contribution in [3.8, 4) is 5.75 Å². The number of piperazine rings is 1. The van der Waals surface area contributed by atoms with Crippen LogP contribution in [0.2, 0.25) is 0 Å². The van der Waals surface area contributed by atoms with E-state index in [-0.39, 0.29) is 5.78 Å². The van der Waals surface area contributed by atoms with Gasteiger partial charge in [0.25, 0.3) is 0 Å². The molecule has 0 aliphatic carbocycles. The molecule has 0 atom stereocenters. The van der Waals surface area contributed by atoms with Crippen LogP contribution in [0.5, 0.6) is 5.75 Å². The first-order valence-corrected chi connectivity index (χ1v) is 8.69. The second kappa shape index (κ2) is 8.46. The Morgan fingerprint density at radius 3 is 2.52 bits per heavy atom. The minimum absolute atomic E-state index is 0.196. The lowest BCUT2D eigenvalue weighted by Gasteiger charge is -2.32. The van der Waals surface area contributed by atoms with E-state index >= 15 is 0 Å². The van der Waals surface area contributed by atoms with Crippen LogP contribution in [0.4, 0.5) is 0 Å². The molecule has 1 aromatic rings. The normalized spacial score (nSPS) is 16.5. The van der Waals surface area contributed by atoms with Gasteiger partial charge in [-0.15, -0.1) is 0 Å². The quantitative estimate of drug-likeness (QED) is 0.724. The molecule has 1 aliphatic heterocycles. The second-order valence-electron chi connectivity index (χ2n) is 6.63. The molecule has 0 unspecified atom stereocenters. The maximum absolute atomic E-state index is 12.7. The maximum atomic E-state index is 12.7. The van der Waals surface area contributed by atoms with E-state index in [9.17, 15) is 4.79 Å². The molecule has 128 valence electrons. The summed E-state index contributed by atoms with van der Waals surface area (Å²) in [7, 11) is 2.15. The lowest BCUT2D eigenvalue weighted by molar-refractivity contribution is 0.0937. The van der Waals surface area contributed by atoms with Crippen molar-refractivity contribution in [3.63, 3.8) is 0 Å². The van der Waals surface area contributed by atoms with E-state index in [4.69, 9.17) is 4.74 Å². The van der Waals surface area contributed by atoms with E-state index in [1.807, 2.05) is 19.9 Å². The zero-order valence-electron chi connectivity index (χ0n) is 15.0. The Labute approximate surface area is 140 Å². The topological polar surface area (TPSA) is 32.8 Å². The van der Waals surface area contributed by atoms with Crippen LogP contribution in [0, 0.1) is 13.8 Å². The number of benzene rings is 1. The van der Waals surface area contributed by atoms with Crippen molar-refractivity contribution in [2.45, 2.75) is 33.6 Å². The number of nitrogens with zero attached hydrogens (tertiary/aromatic N) is 2. The monoisotopic (exact) mass is 318 g/mol. The first-order valence-electron chi connectivity index (χ1n) is 8.69. The summed E-state index contributed by atoms with van der Waals surface area (Å²) in [6.45, 7) is 11.9. The zero-order valence-corrected chi connectivity index (χ0v) is 15.0. The predicted molar refractivity (Wildman–Crippen MR) is 94.6 cm³/mol. The Morgan fingerprint density at radius 1 is 1.17 bits per heavy atom. The van der Waals surface area contributed by atoms with Gasteiger partial charge in [-0.1, -0.05) is 13.0 Å². The van der Waals surface area contributed by atoms with Crippen molar-refractivity contribution in [1.29, 1.82) is 0 Å². The van der Waals surface area contributed by atoms with Gasteiger partial charge in [-0.3, -0.25) is 4.79 Å². The average molecular weight is 318 g/mol. The summed E-state index contributed by atoms with van der Waals surface area (Å²) in [4.78, 5) is 17.4. The van der Waals surface area contributed by atoms with Crippen molar-refractivity contribution < 1.29 is 9.53 Å². The number of carbonyl (C=O) groups excluding carboxylic acids is 1. The van der Waals surface area contributed by atoms with Crippen LogP contribution in [0.25, 0.3) is 0 Å². The molecule has 0 radical (unpaired) electrons. The van der Waals surface area contributed by atoms with Gasteiger partial charge >= 0.3 is 0 Å². The molecular formula is C19H30N2O2. The van der Waals surface area contributed by atoms with Gasteiger partial charge in [0.2, 0.25) is 0 Å². The lowest BCUT2D eigenvalue weighted by atomic mass is 10.0. The summed E-state index contributed by atoms with van der Waals surface area (Å²) in [5.41, 5.74) is 2.93. The van der Waals surface area contributed by atoms with Gasteiger partial charge in [-0.05, 0) is 44.5 Å². The SMILES string of the molecule is CCCOc1c(C)cc(C)cc1C(=O)CCN1CCN(C)CC1. The van der Waals surface area contributed by atoms with Crippen molar-refractivity contribution in [3.05, 3.63) is 28.8 Å². The fourth-order valence-electron chi connectivity index (χ4n) is 3.02. The number of aryl methyl sites for hydroxylation is 2. The first-order chi connectivity index (χ1) is 11.0. The summed E-state index contributed by atoms with van der Waals surface area (Å²) in [6.07, 6.45) is 1.51. The molecule has 2 rings (SSSR count). The van der Waals surface area contributed by atoms with E-state index in [0.29, 0.717) is 13.0 Å². The minimum Gasteiger partial charge on any atom is -0.493 e. The predicted octanol–water partition coefficient (Wildman–Crippen LogP) is 2.91. The highest BCUT2D eigenvalue weighted by molar-refractivity contribution is 5.99. The Hall–Kier alpha value is -1.39. The molecule has 1 saturated heterocycles. The third-order valence-electron chi connectivity index (χ3n) is 4.42. The number of carbonyl (C=O) groups is 1. The highest BCUT2D eigenvalue weighted by Crippen LogP contribution is 2.27. The number of ether oxygens (including phenoxy) is 1. The van der Waals surface area contributed by atoms with Gasteiger partial charge in [0.15, 0.2) is 5.78 Å². The molecule has 0 N–H and O–H groups in total. The van der Waals surface area contributed by atoms with Gasteiger partial charge in [-0.2, -0.15) is 0 Å². The second-order valence-corrected chi connectivity index (χ2v) is 6.63. The summed E-state index contributed by atoms with van der Waals surface area (Å²) >= 11 is 0. The fraction of sp³-hybridized carbons (Fsp3) is 0.632. The lowest BCUT2D eigenvalue weighted by Crippen LogP contribution is -2.45. The molecule has 0 amide bonds. The number of ketones is 1. The number of likely N-dealkylation sites (N-methyl/N-ethyl adjacent to an activating group) is 1. The third-order valence-corrected chi connectivity index (χ3v) is 4.42. The van der Waals surface area contributed by atoms with Gasteiger partial charge in [0.05, 0.1) is 12.2 Å². The molecule has 1 heterocycles. The number of hydrogen-bond acceptors (Lipinski definition) is 4. The van der Waals surface area contributed by atoms with Gasteiger partial charge in [-0.25, -0.2) is 0 Å². The summed E-state index contributed by atoms with van der Waals surface area (Å²) in [6, 6.07) is 4.06. The molecule has 23 heavy (non-hydrogen) atoms. The van der Waals surface area contributed by atoms with Crippen molar-refractivity contribution in [1.82, 2.24) is 9.80 Å². The molecule has 1 aromatic carbocycles. The average Bonchev–Trinajstić information content (AvgIpc) is 2.52. The Bertz CT molecular complexity index is 534. The number of Topliss-reactive ketones (excluding diaryl/α,β-unsaturated/α-hetero) is 1. The van der Waals surface area contributed by atoms with Crippen LogP contribution in [0.3, 0.4) is 0 Å². The van der Waals surface area contributed by atoms with Gasteiger partial charge in [0, 0.05) is 39.1 Å².